The summed E-state index contributed by atoms with van der Waals surface area (Å²) in [6, 6.07) is 14.2. The van der Waals surface area contributed by atoms with Crippen molar-refractivity contribution in [2.75, 3.05) is 17.4 Å². The van der Waals surface area contributed by atoms with Gasteiger partial charge in [0, 0.05) is 23.0 Å². The standard InChI is InChI=1S/C21H17ClFN3OS/c1-13-5-6-16(8-19(13)22)25-11-26-20(27)9-17(14-3-2-4-15(23)7-14)18(10-24)21(26)28-12-25/h2-8,17H,9,11-12H2,1H3. The van der Waals surface area contributed by atoms with Gasteiger partial charge in [-0.3, -0.25) is 9.69 Å². The highest BCUT2D eigenvalue weighted by atomic mass is 35.5. The fraction of sp³-hybridized carbons (Fsp3) is 0.238. The molecule has 0 aromatic heterocycles. The number of rotatable bonds is 2. The summed E-state index contributed by atoms with van der Waals surface area (Å²) in [5, 5.41) is 11.1. The van der Waals surface area contributed by atoms with Crippen LogP contribution in [0.4, 0.5) is 10.1 Å². The normalized spacial score (nSPS) is 19.5. The van der Waals surface area contributed by atoms with Crippen LogP contribution in [-0.4, -0.2) is 23.4 Å². The molecule has 2 heterocycles. The van der Waals surface area contributed by atoms with Crippen LogP contribution in [-0.2, 0) is 4.79 Å². The maximum Gasteiger partial charge on any atom is 0.229 e. The summed E-state index contributed by atoms with van der Waals surface area (Å²) < 4.78 is 13.7. The van der Waals surface area contributed by atoms with E-state index in [0.717, 1.165) is 11.3 Å². The molecule has 2 aromatic rings. The number of allylic oxidation sites excluding steroid dienone is 1. The van der Waals surface area contributed by atoms with E-state index in [9.17, 15) is 14.4 Å². The molecule has 2 aliphatic heterocycles. The summed E-state index contributed by atoms with van der Waals surface area (Å²) in [7, 11) is 0. The Labute approximate surface area is 172 Å². The van der Waals surface area contributed by atoms with Crippen molar-refractivity contribution in [1.29, 1.82) is 5.26 Å². The SMILES string of the molecule is Cc1ccc(N2CSC3=C(C#N)C(c4cccc(F)c4)CC(=O)N3C2)cc1Cl. The minimum absolute atomic E-state index is 0.0707. The lowest BCUT2D eigenvalue weighted by atomic mass is 9.86. The van der Waals surface area contributed by atoms with Crippen LogP contribution in [0, 0.1) is 24.1 Å². The van der Waals surface area contributed by atoms with E-state index in [0.29, 0.717) is 33.7 Å². The predicted octanol–water partition coefficient (Wildman–Crippen LogP) is 5.01. The molecule has 4 rings (SSSR count). The van der Waals surface area contributed by atoms with Gasteiger partial charge in [-0.05, 0) is 42.3 Å². The van der Waals surface area contributed by atoms with Crippen molar-refractivity contribution in [3.63, 3.8) is 0 Å². The Morgan fingerprint density at radius 2 is 2.11 bits per heavy atom. The number of hydrogen-bond acceptors (Lipinski definition) is 4. The molecule has 1 saturated heterocycles. The second kappa shape index (κ2) is 7.50. The molecule has 2 aliphatic rings. The van der Waals surface area contributed by atoms with Gasteiger partial charge in [0.2, 0.25) is 5.91 Å². The largest absolute Gasteiger partial charge is 0.344 e. The number of halogens is 2. The third kappa shape index (κ3) is 3.36. The van der Waals surface area contributed by atoms with Crippen LogP contribution in [0.1, 0.15) is 23.5 Å². The predicted molar refractivity (Wildman–Crippen MR) is 109 cm³/mol. The molecular formula is C21H17ClFN3OS. The average molecular weight is 414 g/mol. The molecular weight excluding hydrogens is 397 g/mol. The second-order valence-electron chi connectivity index (χ2n) is 6.85. The Balaban J connectivity index is 1.67. The zero-order valence-corrected chi connectivity index (χ0v) is 16.7. The molecule has 0 saturated carbocycles. The van der Waals surface area contributed by atoms with Gasteiger partial charge in [0.15, 0.2) is 0 Å². The van der Waals surface area contributed by atoms with Gasteiger partial charge in [0.25, 0.3) is 0 Å². The molecule has 2 aromatic carbocycles. The van der Waals surface area contributed by atoms with Crippen LogP contribution in [0.15, 0.2) is 53.1 Å². The summed E-state index contributed by atoms with van der Waals surface area (Å²) in [6.07, 6.45) is 0.152. The van der Waals surface area contributed by atoms with Gasteiger partial charge in [0.1, 0.15) is 5.82 Å². The smallest absolute Gasteiger partial charge is 0.229 e. The Hall–Kier alpha value is -2.49. The highest BCUT2D eigenvalue weighted by Crippen LogP contribution is 2.43. The van der Waals surface area contributed by atoms with Crippen LogP contribution in [0.5, 0.6) is 0 Å². The van der Waals surface area contributed by atoms with Gasteiger partial charge in [-0.15, -0.1) is 0 Å². The van der Waals surface area contributed by atoms with Gasteiger partial charge in [0.05, 0.1) is 29.2 Å². The molecule has 1 amide bonds. The molecule has 142 valence electrons. The summed E-state index contributed by atoms with van der Waals surface area (Å²) in [4.78, 5) is 16.6. The maximum atomic E-state index is 13.7. The molecule has 0 N–H and O–H groups in total. The summed E-state index contributed by atoms with van der Waals surface area (Å²) in [6.45, 7) is 2.30. The Kier molecular flexibility index (Phi) is 5.05. The Bertz CT molecular complexity index is 1030. The van der Waals surface area contributed by atoms with E-state index in [1.807, 2.05) is 25.1 Å². The summed E-state index contributed by atoms with van der Waals surface area (Å²) in [5.41, 5.74) is 3.11. The van der Waals surface area contributed by atoms with E-state index in [1.54, 1.807) is 17.0 Å². The van der Waals surface area contributed by atoms with Crippen LogP contribution in [0.2, 0.25) is 5.02 Å². The number of anilines is 1. The fourth-order valence-corrected chi connectivity index (χ4v) is 4.85. The Morgan fingerprint density at radius 3 is 2.82 bits per heavy atom. The zero-order valence-electron chi connectivity index (χ0n) is 15.2. The van der Waals surface area contributed by atoms with Crippen molar-refractivity contribution < 1.29 is 9.18 Å². The summed E-state index contributed by atoms with van der Waals surface area (Å²) in [5.74, 6) is -0.251. The van der Waals surface area contributed by atoms with Gasteiger partial charge in [-0.25, -0.2) is 4.39 Å². The lowest BCUT2D eigenvalue weighted by Gasteiger charge is -2.42. The first-order valence-electron chi connectivity index (χ1n) is 8.82. The molecule has 0 aliphatic carbocycles. The quantitative estimate of drug-likeness (QED) is 0.694. The van der Waals surface area contributed by atoms with Crippen molar-refractivity contribution in [2.24, 2.45) is 0 Å². The van der Waals surface area contributed by atoms with Gasteiger partial charge >= 0.3 is 0 Å². The molecule has 0 radical (unpaired) electrons. The molecule has 1 fully saturated rings. The molecule has 1 unspecified atom stereocenters. The highest BCUT2D eigenvalue weighted by Gasteiger charge is 2.38. The van der Waals surface area contributed by atoms with Crippen LogP contribution in [0.25, 0.3) is 0 Å². The lowest BCUT2D eigenvalue weighted by Crippen LogP contribution is -2.47. The number of fused-ring (bicyclic) bond motifs is 1. The maximum absolute atomic E-state index is 13.7. The van der Waals surface area contributed by atoms with Crippen molar-refractivity contribution in [3.05, 3.63) is 75.0 Å². The van der Waals surface area contributed by atoms with E-state index in [-0.39, 0.29) is 18.1 Å². The van der Waals surface area contributed by atoms with Crippen molar-refractivity contribution >= 4 is 35.0 Å². The number of carbonyl (C=O) groups excluding carboxylic acids is 1. The van der Waals surface area contributed by atoms with Crippen molar-refractivity contribution in [1.82, 2.24) is 4.90 Å². The monoisotopic (exact) mass is 413 g/mol. The topological polar surface area (TPSA) is 47.3 Å². The number of thioether (sulfide) groups is 1. The van der Waals surface area contributed by atoms with Crippen LogP contribution >= 0.6 is 23.4 Å². The minimum Gasteiger partial charge on any atom is -0.344 e. The molecule has 28 heavy (non-hydrogen) atoms. The van der Waals surface area contributed by atoms with E-state index < -0.39 is 5.92 Å². The molecule has 0 spiro atoms. The van der Waals surface area contributed by atoms with Gasteiger partial charge in [-0.2, -0.15) is 5.26 Å². The number of hydrogen-bond donors (Lipinski definition) is 0. The zero-order chi connectivity index (χ0) is 19.8. The number of nitrogens with zero attached hydrogens (tertiary/aromatic N) is 3. The molecule has 0 bridgehead atoms. The number of carbonyl (C=O) groups is 1. The first kappa shape index (κ1) is 18.9. The number of aryl methyl sites for hydroxylation is 1. The van der Waals surface area contributed by atoms with E-state index in [2.05, 4.69) is 11.0 Å². The van der Waals surface area contributed by atoms with E-state index in [4.69, 9.17) is 11.6 Å². The van der Waals surface area contributed by atoms with Gasteiger partial charge in [-0.1, -0.05) is 41.6 Å². The number of amides is 1. The first-order valence-corrected chi connectivity index (χ1v) is 10.2. The third-order valence-corrected chi connectivity index (χ3v) is 6.63. The van der Waals surface area contributed by atoms with Crippen molar-refractivity contribution in [3.8, 4) is 6.07 Å². The molecule has 4 nitrogen and oxygen atoms in total. The first-order chi connectivity index (χ1) is 13.5. The Morgan fingerprint density at radius 1 is 1.29 bits per heavy atom. The second-order valence-corrected chi connectivity index (χ2v) is 8.19. The lowest BCUT2D eigenvalue weighted by molar-refractivity contribution is -0.129. The average Bonchev–Trinajstić information content (AvgIpc) is 2.70. The van der Waals surface area contributed by atoms with E-state index in [1.165, 1.54) is 23.9 Å². The molecule has 1 atom stereocenters. The molecule has 7 heteroatoms. The summed E-state index contributed by atoms with van der Waals surface area (Å²) >= 11 is 7.70. The number of nitriles is 1. The van der Waals surface area contributed by atoms with Gasteiger partial charge < -0.3 is 4.90 Å². The van der Waals surface area contributed by atoms with Crippen molar-refractivity contribution in [2.45, 2.75) is 19.3 Å². The minimum atomic E-state index is -0.410. The highest BCUT2D eigenvalue weighted by molar-refractivity contribution is 8.03. The van der Waals surface area contributed by atoms with Crippen LogP contribution < -0.4 is 4.90 Å². The van der Waals surface area contributed by atoms with E-state index >= 15 is 0 Å². The number of benzene rings is 2. The van der Waals surface area contributed by atoms with Crippen LogP contribution in [0.3, 0.4) is 0 Å². The third-order valence-electron chi connectivity index (χ3n) is 5.07. The fourth-order valence-electron chi connectivity index (χ4n) is 3.51.